The van der Waals surface area contributed by atoms with Crippen LogP contribution >= 0.6 is 0 Å². The van der Waals surface area contributed by atoms with Crippen LogP contribution in [-0.2, 0) is 19.4 Å². The highest BCUT2D eigenvalue weighted by Gasteiger charge is 2.29. The summed E-state index contributed by atoms with van der Waals surface area (Å²) >= 11 is 0. The van der Waals surface area contributed by atoms with Crippen LogP contribution in [0.2, 0.25) is 0 Å². The second-order valence-corrected chi connectivity index (χ2v) is 8.73. The minimum atomic E-state index is -2.95. The quantitative estimate of drug-likeness (QED) is 0.736. The lowest BCUT2D eigenvalue weighted by atomic mass is 10.2. The molecule has 0 aliphatic carbocycles. The average Bonchev–Trinajstić information content (AvgIpc) is 2.65. The number of nitrogens with one attached hydrogen (secondary N) is 1. The van der Waals surface area contributed by atoms with Crippen molar-refractivity contribution in [3.8, 4) is 0 Å². The predicted octanol–water partition coefficient (Wildman–Crippen LogP) is 0.427. The summed E-state index contributed by atoms with van der Waals surface area (Å²) in [6.45, 7) is 10.3. The maximum Gasteiger partial charge on any atom is 0.234 e. The second-order valence-electron chi connectivity index (χ2n) is 6.50. The Balaban J connectivity index is 2.31. The molecule has 0 aromatic rings. The summed E-state index contributed by atoms with van der Waals surface area (Å²) in [5, 5.41) is 2.81. The molecule has 1 aliphatic rings. The van der Waals surface area contributed by atoms with Crippen molar-refractivity contribution in [2.75, 3.05) is 37.7 Å². The first-order chi connectivity index (χ1) is 9.61. The molecule has 1 N–H and O–H groups in total. The highest BCUT2D eigenvalue weighted by molar-refractivity contribution is 7.91. The fraction of sp³-hybridized carbons (Fsp3) is 0.929. The first-order valence-corrected chi connectivity index (χ1v) is 9.29. The fourth-order valence-corrected chi connectivity index (χ4v) is 3.89. The molecule has 6 nitrogen and oxygen atoms in total. The number of carbonyl (C=O) groups excluding carboxylic acids is 1. The van der Waals surface area contributed by atoms with Crippen LogP contribution in [0, 0.1) is 0 Å². The lowest BCUT2D eigenvalue weighted by molar-refractivity contribution is -0.123. The smallest absolute Gasteiger partial charge is 0.234 e. The van der Waals surface area contributed by atoms with Gasteiger partial charge in [0.1, 0.15) is 0 Å². The number of sulfone groups is 1. The van der Waals surface area contributed by atoms with Crippen molar-refractivity contribution in [1.29, 1.82) is 0 Å². The highest BCUT2D eigenvalue weighted by atomic mass is 32.2. The van der Waals surface area contributed by atoms with E-state index < -0.39 is 9.84 Å². The molecule has 1 aliphatic heterocycles. The summed E-state index contributed by atoms with van der Waals surface area (Å²) in [5.41, 5.74) is -0.181. The Labute approximate surface area is 128 Å². The number of ether oxygens (including phenoxy) is 1. The molecule has 0 bridgehead atoms. The highest BCUT2D eigenvalue weighted by Crippen LogP contribution is 2.11. The zero-order chi connectivity index (χ0) is 16.1. The van der Waals surface area contributed by atoms with E-state index >= 15 is 0 Å². The Morgan fingerprint density at radius 3 is 2.52 bits per heavy atom. The molecule has 0 unspecified atom stereocenters. The molecule has 1 saturated heterocycles. The van der Waals surface area contributed by atoms with Crippen LogP contribution in [0.1, 0.15) is 34.1 Å². The van der Waals surface area contributed by atoms with Crippen molar-refractivity contribution in [3.05, 3.63) is 0 Å². The molecular formula is C14H28N2O4S. The van der Waals surface area contributed by atoms with Gasteiger partial charge in [-0.3, -0.25) is 9.69 Å². The van der Waals surface area contributed by atoms with Gasteiger partial charge >= 0.3 is 0 Å². The maximum absolute atomic E-state index is 12.0. The molecule has 1 heterocycles. The van der Waals surface area contributed by atoms with Crippen molar-refractivity contribution < 1.29 is 17.9 Å². The number of amides is 1. The fourth-order valence-electron chi connectivity index (χ4n) is 2.22. The summed E-state index contributed by atoms with van der Waals surface area (Å²) in [7, 11) is -2.95. The lowest BCUT2D eigenvalue weighted by Gasteiger charge is -2.24. The van der Waals surface area contributed by atoms with E-state index in [0.717, 1.165) is 6.54 Å². The SMILES string of the molecule is CCN(CCOC(C)(C)C)CC(=O)N[C@@H]1CCS(=O)(=O)C1. The van der Waals surface area contributed by atoms with Crippen molar-refractivity contribution in [2.45, 2.75) is 45.8 Å². The van der Waals surface area contributed by atoms with Crippen molar-refractivity contribution >= 4 is 15.7 Å². The van der Waals surface area contributed by atoms with Crippen LogP contribution < -0.4 is 5.32 Å². The molecule has 1 fully saturated rings. The number of likely N-dealkylation sites (N-methyl/N-ethyl adjacent to an activating group) is 1. The second kappa shape index (κ2) is 7.56. The Morgan fingerprint density at radius 1 is 1.38 bits per heavy atom. The third-order valence-electron chi connectivity index (χ3n) is 3.35. The van der Waals surface area contributed by atoms with Gasteiger partial charge < -0.3 is 10.1 Å². The summed E-state index contributed by atoms with van der Waals surface area (Å²) in [6.07, 6.45) is 0.521. The van der Waals surface area contributed by atoms with E-state index in [0.29, 0.717) is 19.6 Å². The monoisotopic (exact) mass is 320 g/mol. The van der Waals surface area contributed by atoms with E-state index in [1.54, 1.807) is 0 Å². The molecule has 1 atom stereocenters. The minimum absolute atomic E-state index is 0.0675. The minimum Gasteiger partial charge on any atom is -0.375 e. The van der Waals surface area contributed by atoms with E-state index in [9.17, 15) is 13.2 Å². The Hall–Kier alpha value is -0.660. The molecule has 0 spiro atoms. The molecule has 21 heavy (non-hydrogen) atoms. The van der Waals surface area contributed by atoms with Crippen LogP contribution in [0.3, 0.4) is 0 Å². The standard InChI is InChI=1S/C14H28N2O4S/c1-5-16(7-8-20-14(2,3)4)10-13(17)15-12-6-9-21(18,19)11-12/h12H,5-11H2,1-4H3,(H,15,17)/t12-/m1/s1. The Kier molecular flexibility index (Phi) is 6.62. The van der Waals surface area contributed by atoms with Crippen LogP contribution in [-0.4, -0.2) is 68.6 Å². The van der Waals surface area contributed by atoms with Gasteiger partial charge in [-0.05, 0) is 33.7 Å². The van der Waals surface area contributed by atoms with Crippen molar-refractivity contribution in [1.82, 2.24) is 10.2 Å². The number of rotatable bonds is 7. The van der Waals surface area contributed by atoms with Gasteiger partial charge in [0, 0.05) is 12.6 Å². The molecular weight excluding hydrogens is 292 g/mol. The Bertz CT molecular complexity index is 442. The van der Waals surface area contributed by atoms with Crippen molar-refractivity contribution in [2.24, 2.45) is 0 Å². The topological polar surface area (TPSA) is 75.7 Å². The predicted molar refractivity (Wildman–Crippen MR) is 83.0 cm³/mol. The molecule has 7 heteroatoms. The number of carbonyl (C=O) groups is 1. The first-order valence-electron chi connectivity index (χ1n) is 7.47. The van der Waals surface area contributed by atoms with E-state index in [1.807, 2.05) is 32.6 Å². The van der Waals surface area contributed by atoms with E-state index in [2.05, 4.69) is 5.32 Å². The third-order valence-corrected chi connectivity index (χ3v) is 5.12. The Morgan fingerprint density at radius 2 is 2.05 bits per heavy atom. The van der Waals surface area contributed by atoms with Gasteiger partial charge in [0.15, 0.2) is 9.84 Å². The first kappa shape index (κ1) is 18.4. The summed E-state index contributed by atoms with van der Waals surface area (Å²) in [4.78, 5) is 13.9. The maximum atomic E-state index is 12.0. The lowest BCUT2D eigenvalue weighted by Crippen LogP contribution is -2.43. The van der Waals surface area contributed by atoms with Gasteiger partial charge in [0.25, 0.3) is 0 Å². The van der Waals surface area contributed by atoms with Gasteiger partial charge in [-0.15, -0.1) is 0 Å². The van der Waals surface area contributed by atoms with E-state index in [1.165, 1.54) is 0 Å². The molecule has 0 aromatic heterocycles. The largest absolute Gasteiger partial charge is 0.375 e. The van der Waals surface area contributed by atoms with Crippen molar-refractivity contribution in [3.63, 3.8) is 0 Å². The molecule has 0 saturated carbocycles. The van der Waals surface area contributed by atoms with E-state index in [-0.39, 0.29) is 35.6 Å². The molecule has 1 rings (SSSR count). The van der Waals surface area contributed by atoms with Gasteiger partial charge in [-0.2, -0.15) is 0 Å². The summed E-state index contributed by atoms with van der Waals surface area (Å²) < 4.78 is 28.4. The molecule has 124 valence electrons. The van der Waals surface area contributed by atoms with Crippen LogP contribution in [0.25, 0.3) is 0 Å². The van der Waals surface area contributed by atoms with Gasteiger partial charge in [0.2, 0.25) is 5.91 Å². The van der Waals surface area contributed by atoms with Gasteiger partial charge in [-0.25, -0.2) is 8.42 Å². The summed E-state index contributed by atoms with van der Waals surface area (Å²) in [5.74, 6) is 0.127. The molecule has 0 radical (unpaired) electrons. The van der Waals surface area contributed by atoms with Gasteiger partial charge in [0.05, 0.1) is 30.3 Å². The van der Waals surface area contributed by atoms with Crippen LogP contribution in [0.15, 0.2) is 0 Å². The molecule has 1 amide bonds. The normalized spacial score (nSPS) is 21.7. The number of hydrogen-bond acceptors (Lipinski definition) is 5. The summed E-state index contributed by atoms with van der Waals surface area (Å²) in [6, 6.07) is -0.230. The van der Waals surface area contributed by atoms with Crippen LogP contribution in [0.5, 0.6) is 0 Å². The van der Waals surface area contributed by atoms with Crippen LogP contribution in [0.4, 0.5) is 0 Å². The molecule has 0 aromatic carbocycles. The average molecular weight is 320 g/mol. The van der Waals surface area contributed by atoms with Gasteiger partial charge in [-0.1, -0.05) is 6.92 Å². The number of nitrogens with zero attached hydrogens (tertiary/aromatic N) is 1. The zero-order valence-electron chi connectivity index (χ0n) is 13.5. The van der Waals surface area contributed by atoms with E-state index in [4.69, 9.17) is 4.74 Å². The third kappa shape index (κ3) is 7.78. The number of hydrogen-bond donors (Lipinski definition) is 1. The zero-order valence-corrected chi connectivity index (χ0v) is 14.3.